The van der Waals surface area contributed by atoms with Crippen molar-refractivity contribution in [2.75, 3.05) is 4.90 Å². The Labute approximate surface area is 134 Å². The number of carboxylic acids is 1. The molecule has 0 aliphatic heterocycles. The van der Waals surface area contributed by atoms with Crippen LogP contribution in [0.15, 0.2) is 36.7 Å². The van der Waals surface area contributed by atoms with Gasteiger partial charge < -0.3 is 9.84 Å². The summed E-state index contributed by atoms with van der Waals surface area (Å²) in [5.74, 6) is -1.07. The van der Waals surface area contributed by atoms with E-state index in [1.165, 1.54) is 23.2 Å². The Morgan fingerprint density at radius 2 is 1.96 bits per heavy atom. The summed E-state index contributed by atoms with van der Waals surface area (Å²) in [6.45, 7) is 5.29. The van der Waals surface area contributed by atoms with E-state index < -0.39 is 17.7 Å². The van der Waals surface area contributed by atoms with E-state index in [-0.39, 0.29) is 5.56 Å². The summed E-state index contributed by atoms with van der Waals surface area (Å²) in [6, 6.07) is 6.09. The molecule has 0 radical (unpaired) electrons. The Bertz CT molecular complexity index is 731. The fourth-order valence-corrected chi connectivity index (χ4v) is 1.97. The minimum atomic E-state index is -1.07. The molecule has 0 saturated heterocycles. The predicted molar refractivity (Wildman–Crippen MR) is 85.0 cm³/mol. The lowest BCUT2D eigenvalue weighted by Crippen LogP contribution is -2.33. The predicted octanol–water partition coefficient (Wildman–Crippen LogP) is 3.19. The maximum atomic E-state index is 12.6. The van der Waals surface area contributed by atoms with E-state index in [4.69, 9.17) is 9.84 Å². The van der Waals surface area contributed by atoms with Crippen LogP contribution in [0.3, 0.4) is 0 Å². The van der Waals surface area contributed by atoms with Gasteiger partial charge in [0, 0.05) is 13.2 Å². The smallest absolute Gasteiger partial charge is 0.419 e. The Morgan fingerprint density at radius 3 is 2.48 bits per heavy atom. The summed E-state index contributed by atoms with van der Waals surface area (Å²) < 4.78 is 6.97. The Kier molecular flexibility index (Phi) is 4.40. The first kappa shape index (κ1) is 16.5. The molecule has 0 unspecified atom stereocenters. The second-order valence-corrected chi connectivity index (χ2v) is 6.04. The first-order valence-corrected chi connectivity index (χ1v) is 7.02. The SMILES string of the molecule is Cn1cc(N(C(=O)OC(C)(C)C)c2cccc(C(=O)O)c2)cn1. The van der Waals surface area contributed by atoms with E-state index in [9.17, 15) is 9.59 Å². The van der Waals surface area contributed by atoms with Crippen LogP contribution >= 0.6 is 0 Å². The summed E-state index contributed by atoms with van der Waals surface area (Å²) in [6.07, 6.45) is 2.56. The van der Waals surface area contributed by atoms with Gasteiger partial charge in [0.05, 0.1) is 23.1 Å². The van der Waals surface area contributed by atoms with Gasteiger partial charge in [-0.3, -0.25) is 4.68 Å². The van der Waals surface area contributed by atoms with Crippen molar-refractivity contribution >= 4 is 23.4 Å². The molecule has 1 heterocycles. The highest BCUT2D eigenvalue weighted by molar-refractivity contribution is 5.97. The van der Waals surface area contributed by atoms with Gasteiger partial charge in [0.1, 0.15) is 5.60 Å². The molecular weight excluding hydrogens is 298 g/mol. The lowest BCUT2D eigenvalue weighted by Gasteiger charge is -2.26. The molecule has 23 heavy (non-hydrogen) atoms. The van der Waals surface area contributed by atoms with E-state index in [0.29, 0.717) is 11.4 Å². The van der Waals surface area contributed by atoms with E-state index in [1.807, 2.05) is 0 Å². The summed E-state index contributed by atoms with van der Waals surface area (Å²) in [7, 11) is 1.73. The van der Waals surface area contributed by atoms with Crippen molar-refractivity contribution < 1.29 is 19.4 Å². The first-order valence-electron chi connectivity index (χ1n) is 7.02. The Balaban J connectivity index is 2.47. The maximum Gasteiger partial charge on any atom is 0.419 e. The number of hydrogen-bond donors (Lipinski definition) is 1. The summed E-state index contributed by atoms with van der Waals surface area (Å²) in [4.78, 5) is 25.0. The second kappa shape index (κ2) is 6.12. The lowest BCUT2D eigenvalue weighted by atomic mass is 10.2. The number of anilines is 2. The number of rotatable bonds is 3. The number of amides is 1. The molecule has 2 rings (SSSR count). The van der Waals surface area contributed by atoms with Gasteiger partial charge in [-0.25, -0.2) is 14.5 Å². The van der Waals surface area contributed by atoms with Crippen molar-refractivity contribution in [1.29, 1.82) is 0 Å². The third kappa shape index (κ3) is 4.09. The van der Waals surface area contributed by atoms with Crippen molar-refractivity contribution in [3.8, 4) is 0 Å². The van der Waals surface area contributed by atoms with Crippen molar-refractivity contribution in [3.63, 3.8) is 0 Å². The van der Waals surface area contributed by atoms with Gasteiger partial charge >= 0.3 is 12.1 Å². The minimum Gasteiger partial charge on any atom is -0.478 e. The summed E-state index contributed by atoms with van der Waals surface area (Å²) in [5, 5.41) is 13.2. The zero-order valence-corrected chi connectivity index (χ0v) is 13.5. The van der Waals surface area contributed by atoms with Crippen LogP contribution in [-0.2, 0) is 11.8 Å². The minimum absolute atomic E-state index is 0.0833. The van der Waals surface area contributed by atoms with Crippen molar-refractivity contribution in [3.05, 3.63) is 42.2 Å². The zero-order chi connectivity index (χ0) is 17.2. The van der Waals surface area contributed by atoms with E-state index in [0.717, 1.165) is 0 Å². The number of carbonyl (C=O) groups excluding carboxylic acids is 1. The molecule has 1 aromatic carbocycles. The molecule has 2 aromatic rings. The average molecular weight is 317 g/mol. The van der Waals surface area contributed by atoms with E-state index in [1.54, 1.807) is 50.8 Å². The van der Waals surface area contributed by atoms with Gasteiger partial charge in [0.2, 0.25) is 0 Å². The highest BCUT2D eigenvalue weighted by atomic mass is 16.6. The number of hydrogen-bond acceptors (Lipinski definition) is 4. The highest BCUT2D eigenvalue weighted by Crippen LogP contribution is 2.28. The molecule has 0 saturated carbocycles. The summed E-state index contributed by atoms with van der Waals surface area (Å²) >= 11 is 0. The number of nitrogens with zero attached hydrogens (tertiary/aromatic N) is 3. The molecule has 0 aliphatic rings. The Hall–Kier alpha value is -2.83. The number of carboxylic acid groups (broad SMARTS) is 1. The number of aromatic nitrogens is 2. The van der Waals surface area contributed by atoms with Crippen LogP contribution < -0.4 is 4.90 Å². The van der Waals surface area contributed by atoms with Crippen LogP contribution in [0.1, 0.15) is 31.1 Å². The number of aromatic carboxylic acids is 1. The second-order valence-electron chi connectivity index (χ2n) is 6.04. The number of carbonyl (C=O) groups is 2. The van der Waals surface area contributed by atoms with Gasteiger partial charge in [0.15, 0.2) is 0 Å². The first-order chi connectivity index (χ1) is 10.7. The molecule has 0 aliphatic carbocycles. The van der Waals surface area contributed by atoms with E-state index >= 15 is 0 Å². The number of aryl methyl sites for hydroxylation is 1. The zero-order valence-electron chi connectivity index (χ0n) is 13.5. The molecule has 7 heteroatoms. The quantitative estimate of drug-likeness (QED) is 0.939. The number of benzene rings is 1. The monoisotopic (exact) mass is 317 g/mol. The molecule has 1 aromatic heterocycles. The van der Waals surface area contributed by atoms with Gasteiger partial charge in [-0.2, -0.15) is 5.10 Å². The molecule has 7 nitrogen and oxygen atoms in total. The van der Waals surface area contributed by atoms with Crippen molar-refractivity contribution in [2.24, 2.45) is 7.05 Å². The van der Waals surface area contributed by atoms with Gasteiger partial charge in [-0.05, 0) is 39.0 Å². The van der Waals surface area contributed by atoms with Gasteiger partial charge in [-0.15, -0.1) is 0 Å². The van der Waals surface area contributed by atoms with Gasteiger partial charge in [0.25, 0.3) is 0 Å². The molecule has 0 spiro atoms. The molecule has 0 bridgehead atoms. The van der Waals surface area contributed by atoms with Gasteiger partial charge in [-0.1, -0.05) is 6.07 Å². The van der Waals surface area contributed by atoms with Crippen LogP contribution in [0.2, 0.25) is 0 Å². The molecule has 0 fully saturated rings. The number of ether oxygens (including phenoxy) is 1. The molecule has 1 amide bonds. The fraction of sp³-hybridized carbons (Fsp3) is 0.312. The Morgan fingerprint density at radius 1 is 1.26 bits per heavy atom. The third-order valence-electron chi connectivity index (χ3n) is 2.88. The maximum absolute atomic E-state index is 12.6. The summed E-state index contributed by atoms with van der Waals surface area (Å²) in [5.41, 5.74) is 0.290. The molecule has 1 N–H and O–H groups in total. The largest absolute Gasteiger partial charge is 0.478 e. The van der Waals surface area contributed by atoms with Crippen LogP contribution in [-0.4, -0.2) is 32.6 Å². The topological polar surface area (TPSA) is 84.7 Å². The molecular formula is C16H19N3O4. The highest BCUT2D eigenvalue weighted by Gasteiger charge is 2.26. The third-order valence-corrected chi connectivity index (χ3v) is 2.88. The normalized spacial score (nSPS) is 11.1. The van der Waals surface area contributed by atoms with Crippen LogP contribution in [0.5, 0.6) is 0 Å². The van der Waals surface area contributed by atoms with Crippen LogP contribution in [0.25, 0.3) is 0 Å². The van der Waals surface area contributed by atoms with Crippen molar-refractivity contribution in [2.45, 2.75) is 26.4 Å². The van der Waals surface area contributed by atoms with Crippen molar-refractivity contribution in [1.82, 2.24) is 9.78 Å². The van der Waals surface area contributed by atoms with Crippen LogP contribution in [0, 0.1) is 0 Å². The van der Waals surface area contributed by atoms with Crippen LogP contribution in [0.4, 0.5) is 16.2 Å². The lowest BCUT2D eigenvalue weighted by molar-refractivity contribution is 0.0597. The van der Waals surface area contributed by atoms with E-state index in [2.05, 4.69) is 5.10 Å². The molecule has 122 valence electrons. The average Bonchev–Trinajstić information content (AvgIpc) is 2.83. The fourth-order valence-electron chi connectivity index (χ4n) is 1.97. The standard InChI is InChI=1S/C16H19N3O4/c1-16(2,3)23-15(22)19(13-9-17-18(4)10-13)12-7-5-6-11(8-12)14(20)21/h5-10H,1-4H3,(H,20,21). The molecule has 0 atom stereocenters.